The van der Waals surface area contributed by atoms with Gasteiger partial charge in [-0.25, -0.2) is 0 Å². The van der Waals surface area contributed by atoms with E-state index in [0.717, 1.165) is 24.9 Å². The second kappa shape index (κ2) is 5.59. The molecule has 4 nitrogen and oxygen atoms in total. The van der Waals surface area contributed by atoms with E-state index in [2.05, 4.69) is 34.6 Å². The van der Waals surface area contributed by atoms with Crippen molar-refractivity contribution in [2.24, 2.45) is 0 Å². The Morgan fingerprint density at radius 3 is 2.59 bits per heavy atom. The lowest BCUT2D eigenvalue weighted by molar-refractivity contribution is 0.500. The van der Waals surface area contributed by atoms with Crippen molar-refractivity contribution in [2.75, 3.05) is 13.6 Å². The molecule has 0 unspecified atom stereocenters. The maximum atomic E-state index is 5.58. The van der Waals surface area contributed by atoms with E-state index in [1.165, 1.54) is 5.56 Å². The number of benzene rings is 1. The summed E-state index contributed by atoms with van der Waals surface area (Å²) in [4.78, 5) is 0. The molecule has 0 saturated carbocycles. The van der Waals surface area contributed by atoms with Gasteiger partial charge in [-0.15, -0.1) is 10.2 Å². The first-order valence-corrected chi connectivity index (χ1v) is 5.89. The number of hydrogen-bond donors (Lipinski definition) is 1. The monoisotopic (exact) mass is 231 g/mol. The zero-order valence-corrected chi connectivity index (χ0v) is 10.2. The minimum atomic E-state index is 0.596. The SMILES string of the molecule is CCc1ccc(-c2nnc(CCNC)o2)cc1. The van der Waals surface area contributed by atoms with Gasteiger partial charge in [0.2, 0.25) is 11.8 Å². The third-order valence-corrected chi connectivity index (χ3v) is 2.66. The first-order valence-electron chi connectivity index (χ1n) is 5.89. The van der Waals surface area contributed by atoms with Gasteiger partial charge in [0.05, 0.1) is 0 Å². The maximum Gasteiger partial charge on any atom is 0.247 e. The number of nitrogens with one attached hydrogen (secondary N) is 1. The summed E-state index contributed by atoms with van der Waals surface area (Å²) in [7, 11) is 1.90. The second-order valence-corrected chi connectivity index (χ2v) is 3.90. The van der Waals surface area contributed by atoms with Crippen LogP contribution in [0.2, 0.25) is 0 Å². The molecular formula is C13H17N3O. The summed E-state index contributed by atoms with van der Waals surface area (Å²) >= 11 is 0. The Kier molecular flexibility index (Phi) is 3.88. The summed E-state index contributed by atoms with van der Waals surface area (Å²) in [5.74, 6) is 1.27. The fraction of sp³-hybridized carbons (Fsp3) is 0.385. The van der Waals surface area contributed by atoms with E-state index in [9.17, 15) is 0 Å². The van der Waals surface area contributed by atoms with Crippen LogP contribution in [0.3, 0.4) is 0 Å². The number of aromatic nitrogens is 2. The molecule has 0 atom stereocenters. The van der Waals surface area contributed by atoms with Crippen LogP contribution in [0.1, 0.15) is 18.4 Å². The number of hydrogen-bond acceptors (Lipinski definition) is 4. The van der Waals surface area contributed by atoms with Gasteiger partial charge in [-0.05, 0) is 31.2 Å². The van der Waals surface area contributed by atoms with Gasteiger partial charge in [0.1, 0.15) is 0 Å². The number of rotatable bonds is 5. The molecule has 0 bridgehead atoms. The number of nitrogens with zero attached hydrogens (tertiary/aromatic N) is 2. The van der Waals surface area contributed by atoms with Crippen LogP contribution >= 0.6 is 0 Å². The van der Waals surface area contributed by atoms with E-state index in [4.69, 9.17) is 4.42 Å². The summed E-state index contributed by atoms with van der Waals surface area (Å²) in [5.41, 5.74) is 2.29. The van der Waals surface area contributed by atoms with E-state index in [1.807, 2.05) is 19.2 Å². The van der Waals surface area contributed by atoms with Crippen LogP contribution in [0.5, 0.6) is 0 Å². The van der Waals surface area contributed by atoms with Gasteiger partial charge in [-0.3, -0.25) is 0 Å². The molecular weight excluding hydrogens is 214 g/mol. The predicted octanol–water partition coefficient (Wildman–Crippen LogP) is 2.06. The lowest BCUT2D eigenvalue weighted by Crippen LogP contribution is -2.10. The molecule has 0 radical (unpaired) electrons. The highest BCUT2D eigenvalue weighted by Crippen LogP contribution is 2.18. The van der Waals surface area contributed by atoms with Gasteiger partial charge in [0.15, 0.2) is 0 Å². The molecule has 2 rings (SSSR count). The first kappa shape index (κ1) is 11.8. The smallest absolute Gasteiger partial charge is 0.247 e. The van der Waals surface area contributed by atoms with Crippen molar-refractivity contribution in [3.63, 3.8) is 0 Å². The number of likely N-dealkylation sites (N-methyl/N-ethyl adjacent to an activating group) is 1. The van der Waals surface area contributed by atoms with Crippen molar-refractivity contribution < 1.29 is 4.42 Å². The molecule has 17 heavy (non-hydrogen) atoms. The van der Waals surface area contributed by atoms with Gasteiger partial charge < -0.3 is 9.73 Å². The third-order valence-electron chi connectivity index (χ3n) is 2.66. The van der Waals surface area contributed by atoms with Crippen molar-refractivity contribution in [1.29, 1.82) is 0 Å². The largest absolute Gasteiger partial charge is 0.421 e. The molecule has 0 saturated heterocycles. The lowest BCUT2D eigenvalue weighted by atomic mass is 10.1. The van der Waals surface area contributed by atoms with E-state index in [0.29, 0.717) is 11.8 Å². The lowest BCUT2D eigenvalue weighted by Gasteiger charge is -1.97. The minimum Gasteiger partial charge on any atom is -0.421 e. The zero-order valence-electron chi connectivity index (χ0n) is 10.2. The molecule has 4 heteroatoms. The number of aryl methyl sites for hydroxylation is 1. The van der Waals surface area contributed by atoms with Gasteiger partial charge in [0, 0.05) is 18.5 Å². The summed E-state index contributed by atoms with van der Waals surface area (Å²) in [6, 6.07) is 8.22. The second-order valence-electron chi connectivity index (χ2n) is 3.90. The van der Waals surface area contributed by atoms with Crippen LogP contribution in [-0.4, -0.2) is 23.8 Å². The summed E-state index contributed by atoms with van der Waals surface area (Å²) in [6.07, 6.45) is 1.80. The van der Waals surface area contributed by atoms with Crippen LogP contribution < -0.4 is 5.32 Å². The molecule has 0 aliphatic heterocycles. The highest BCUT2D eigenvalue weighted by atomic mass is 16.4. The predicted molar refractivity (Wildman–Crippen MR) is 66.7 cm³/mol. The molecule has 1 aromatic heterocycles. The molecule has 1 heterocycles. The van der Waals surface area contributed by atoms with Crippen LogP contribution in [0.4, 0.5) is 0 Å². The van der Waals surface area contributed by atoms with E-state index in [-0.39, 0.29) is 0 Å². The Labute approximate surface area is 101 Å². The fourth-order valence-electron chi connectivity index (χ4n) is 1.59. The van der Waals surface area contributed by atoms with Crippen LogP contribution in [0, 0.1) is 0 Å². The molecule has 1 aromatic carbocycles. The van der Waals surface area contributed by atoms with E-state index >= 15 is 0 Å². The Morgan fingerprint density at radius 2 is 1.94 bits per heavy atom. The Balaban J connectivity index is 2.12. The molecule has 90 valence electrons. The van der Waals surface area contributed by atoms with Crippen molar-refractivity contribution >= 4 is 0 Å². The molecule has 0 aliphatic carbocycles. The average Bonchev–Trinajstić information content (AvgIpc) is 2.85. The van der Waals surface area contributed by atoms with E-state index < -0.39 is 0 Å². The average molecular weight is 231 g/mol. The van der Waals surface area contributed by atoms with Gasteiger partial charge in [0.25, 0.3) is 0 Å². The first-order chi connectivity index (χ1) is 8.33. The molecule has 0 amide bonds. The van der Waals surface area contributed by atoms with Crippen molar-refractivity contribution in [2.45, 2.75) is 19.8 Å². The molecule has 2 aromatic rings. The van der Waals surface area contributed by atoms with Crippen LogP contribution in [-0.2, 0) is 12.8 Å². The quantitative estimate of drug-likeness (QED) is 0.855. The maximum absolute atomic E-state index is 5.58. The fourth-order valence-corrected chi connectivity index (χ4v) is 1.59. The van der Waals surface area contributed by atoms with Crippen molar-refractivity contribution in [3.8, 4) is 11.5 Å². The van der Waals surface area contributed by atoms with Gasteiger partial charge in [-0.1, -0.05) is 19.1 Å². The Hall–Kier alpha value is -1.68. The minimum absolute atomic E-state index is 0.596. The summed E-state index contributed by atoms with van der Waals surface area (Å²) in [6.45, 7) is 2.98. The summed E-state index contributed by atoms with van der Waals surface area (Å²) in [5, 5.41) is 11.1. The van der Waals surface area contributed by atoms with E-state index in [1.54, 1.807) is 0 Å². The zero-order chi connectivity index (χ0) is 12.1. The molecule has 0 fully saturated rings. The molecule has 0 aliphatic rings. The van der Waals surface area contributed by atoms with Gasteiger partial charge >= 0.3 is 0 Å². The third kappa shape index (κ3) is 2.91. The van der Waals surface area contributed by atoms with Gasteiger partial charge in [-0.2, -0.15) is 0 Å². The summed E-state index contributed by atoms with van der Waals surface area (Å²) < 4.78 is 5.58. The van der Waals surface area contributed by atoms with Crippen molar-refractivity contribution in [1.82, 2.24) is 15.5 Å². The Bertz CT molecular complexity index is 462. The highest BCUT2D eigenvalue weighted by Gasteiger charge is 2.07. The standard InChI is InChI=1S/C13H17N3O/c1-3-10-4-6-11(7-5-10)13-16-15-12(17-13)8-9-14-2/h4-7,14H,3,8-9H2,1-2H3. The highest BCUT2D eigenvalue weighted by molar-refractivity contribution is 5.52. The van der Waals surface area contributed by atoms with Crippen molar-refractivity contribution in [3.05, 3.63) is 35.7 Å². The van der Waals surface area contributed by atoms with Crippen LogP contribution in [0.25, 0.3) is 11.5 Å². The molecule has 0 spiro atoms. The normalized spacial score (nSPS) is 10.7. The topological polar surface area (TPSA) is 51.0 Å². The van der Waals surface area contributed by atoms with Crippen LogP contribution in [0.15, 0.2) is 28.7 Å². The molecule has 1 N–H and O–H groups in total. The Morgan fingerprint density at radius 1 is 1.18 bits per heavy atom.